The van der Waals surface area contributed by atoms with Crippen LogP contribution in [0.4, 0.5) is 5.00 Å². The third-order valence-electron chi connectivity index (χ3n) is 5.96. The zero-order valence-electron chi connectivity index (χ0n) is 20.2. The summed E-state index contributed by atoms with van der Waals surface area (Å²) in [6, 6.07) is 25.1. The molecule has 2 aromatic heterocycles. The number of esters is 1. The van der Waals surface area contributed by atoms with Crippen LogP contribution in [0.15, 0.2) is 88.7 Å². The second kappa shape index (κ2) is 10.7. The van der Waals surface area contributed by atoms with Crippen molar-refractivity contribution in [1.82, 2.24) is 4.98 Å². The fraction of sp³-hybridized carbons (Fsp3) is 0.100. The molecule has 0 saturated carbocycles. The minimum Gasteiger partial charge on any atom is -0.462 e. The maximum absolute atomic E-state index is 13.7. The summed E-state index contributed by atoms with van der Waals surface area (Å²) in [6.45, 7) is 4.02. The first-order chi connectivity index (χ1) is 17.9. The number of fused-ring (bicyclic) bond motifs is 1. The Balaban J connectivity index is 1.57. The van der Waals surface area contributed by atoms with Gasteiger partial charge in [-0.05, 0) is 43.7 Å². The van der Waals surface area contributed by atoms with Crippen molar-refractivity contribution in [3.8, 4) is 22.4 Å². The molecule has 5 nitrogen and oxygen atoms in total. The number of aromatic nitrogens is 1. The molecule has 7 heteroatoms. The lowest BCUT2D eigenvalue weighted by atomic mass is 10.0. The van der Waals surface area contributed by atoms with E-state index < -0.39 is 5.97 Å². The molecule has 0 saturated heterocycles. The summed E-state index contributed by atoms with van der Waals surface area (Å²) in [5, 5.41) is 6.04. The van der Waals surface area contributed by atoms with Crippen LogP contribution in [-0.4, -0.2) is 23.5 Å². The fourth-order valence-corrected chi connectivity index (χ4v) is 5.32. The van der Waals surface area contributed by atoms with Crippen LogP contribution in [0.2, 0.25) is 0 Å². The van der Waals surface area contributed by atoms with Crippen molar-refractivity contribution in [3.63, 3.8) is 0 Å². The summed E-state index contributed by atoms with van der Waals surface area (Å²) in [5.41, 5.74) is 5.90. The number of benzene rings is 3. The average molecular weight is 571 g/mol. The van der Waals surface area contributed by atoms with E-state index in [-0.39, 0.29) is 12.5 Å². The van der Waals surface area contributed by atoms with Gasteiger partial charge < -0.3 is 10.1 Å². The van der Waals surface area contributed by atoms with E-state index in [0.29, 0.717) is 27.4 Å². The number of para-hydroxylation sites is 1. The molecule has 0 atom stereocenters. The molecule has 37 heavy (non-hydrogen) atoms. The molecular formula is C30H23BrN2O3S. The number of amides is 1. The smallest absolute Gasteiger partial charge is 0.341 e. The number of aryl methyl sites for hydroxylation is 1. The van der Waals surface area contributed by atoms with E-state index in [1.165, 1.54) is 11.3 Å². The van der Waals surface area contributed by atoms with Gasteiger partial charge in [0.25, 0.3) is 5.91 Å². The molecule has 0 aliphatic carbocycles. The van der Waals surface area contributed by atoms with Crippen molar-refractivity contribution in [2.24, 2.45) is 0 Å². The summed E-state index contributed by atoms with van der Waals surface area (Å²) in [7, 11) is 0. The first-order valence-corrected chi connectivity index (χ1v) is 13.4. The van der Waals surface area contributed by atoms with Gasteiger partial charge in [0.2, 0.25) is 0 Å². The molecule has 1 N–H and O–H groups in total. The number of nitrogens with one attached hydrogen (secondary N) is 1. The molecule has 1 amide bonds. The van der Waals surface area contributed by atoms with Gasteiger partial charge >= 0.3 is 5.97 Å². The molecule has 184 valence electrons. The second-order valence-electron chi connectivity index (χ2n) is 8.47. The molecular weight excluding hydrogens is 548 g/mol. The third-order valence-corrected chi connectivity index (χ3v) is 7.39. The highest BCUT2D eigenvalue weighted by atomic mass is 79.9. The van der Waals surface area contributed by atoms with Gasteiger partial charge in [-0.2, -0.15) is 0 Å². The zero-order chi connectivity index (χ0) is 25.9. The highest BCUT2D eigenvalue weighted by molar-refractivity contribution is 9.10. The summed E-state index contributed by atoms with van der Waals surface area (Å²) < 4.78 is 6.29. The van der Waals surface area contributed by atoms with Crippen molar-refractivity contribution >= 4 is 55.0 Å². The number of ether oxygens (including phenoxy) is 1. The van der Waals surface area contributed by atoms with E-state index in [2.05, 4.69) is 21.2 Å². The van der Waals surface area contributed by atoms with Crippen LogP contribution >= 0.6 is 27.3 Å². The van der Waals surface area contributed by atoms with Gasteiger partial charge in [-0.15, -0.1) is 11.3 Å². The number of rotatable bonds is 6. The molecule has 0 fully saturated rings. The minimum absolute atomic E-state index is 0.233. The van der Waals surface area contributed by atoms with E-state index in [4.69, 9.17) is 9.72 Å². The van der Waals surface area contributed by atoms with E-state index in [1.54, 1.807) is 13.0 Å². The molecule has 0 radical (unpaired) electrons. The normalized spacial score (nSPS) is 10.9. The van der Waals surface area contributed by atoms with Crippen molar-refractivity contribution in [2.45, 2.75) is 13.8 Å². The summed E-state index contributed by atoms with van der Waals surface area (Å²) in [5.74, 6) is -0.793. The maximum Gasteiger partial charge on any atom is 0.341 e. The molecule has 0 aliphatic rings. The fourth-order valence-electron chi connectivity index (χ4n) is 4.10. The predicted octanol–water partition coefficient (Wildman–Crippen LogP) is 8.13. The highest BCUT2D eigenvalue weighted by Crippen LogP contribution is 2.37. The molecule has 2 heterocycles. The van der Waals surface area contributed by atoms with Crippen LogP contribution in [0.5, 0.6) is 0 Å². The SMILES string of the molecule is CCOC(=O)c1c(-c2ccc(Br)cc2)csc1NC(=O)c1cc(-c2ccc(C)cc2)nc2ccccc12. The lowest BCUT2D eigenvalue weighted by Gasteiger charge is -2.12. The largest absolute Gasteiger partial charge is 0.462 e. The van der Waals surface area contributed by atoms with Crippen molar-refractivity contribution in [1.29, 1.82) is 0 Å². The monoisotopic (exact) mass is 570 g/mol. The second-order valence-corrected chi connectivity index (χ2v) is 10.3. The lowest BCUT2D eigenvalue weighted by Crippen LogP contribution is -2.15. The van der Waals surface area contributed by atoms with E-state index >= 15 is 0 Å². The molecule has 5 aromatic rings. The molecule has 0 unspecified atom stereocenters. The van der Waals surface area contributed by atoms with Crippen LogP contribution in [0.3, 0.4) is 0 Å². The van der Waals surface area contributed by atoms with Gasteiger partial charge in [0, 0.05) is 26.4 Å². The Bertz CT molecular complexity index is 1610. The number of anilines is 1. The van der Waals surface area contributed by atoms with E-state index in [9.17, 15) is 9.59 Å². The summed E-state index contributed by atoms with van der Waals surface area (Å²) >= 11 is 4.75. The van der Waals surface area contributed by atoms with Crippen molar-refractivity contribution in [3.05, 3.63) is 105 Å². The van der Waals surface area contributed by atoms with Crippen LogP contribution in [0.25, 0.3) is 33.3 Å². The number of pyridine rings is 1. The van der Waals surface area contributed by atoms with Gasteiger partial charge in [-0.1, -0.05) is 76.1 Å². The van der Waals surface area contributed by atoms with Crippen LogP contribution < -0.4 is 5.32 Å². The quantitative estimate of drug-likeness (QED) is 0.209. The van der Waals surface area contributed by atoms with Gasteiger partial charge in [0.15, 0.2) is 0 Å². The number of hydrogen-bond donors (Lipinski definition) is 1. The first kappa shape index (κ1) is 24.9. The number of thiophene rings is 1. The Morgan fingerprint density at radius 3 is 2.41 bits per heavy atom. The number of nitrogens with zero attached hydrogens (tertiary/aromatic N) is 1. The number of hydrogen-bond acceptors (Lipinski definition) is 5. The third kappa shape index (κ3) is 5.19. The molecule has 0 bridgehead atoms. The first-order valence-electron chi connectivity index (χ1n) is 11.8. The summed E-state index contributed by atoms with van der Waals surface area (Å²) in [6.07, 6.45) is 0. The highest BCUT2D eigenvalue weighted by Gasteiger charge is 2.24. The van der Waals surface area contributed by atoms with Gasteiger partial charge in [-0.3, -0.25) is 4.79 Å². The Hall–Kier alpha value is -3.81. The molecule has 0 spiro atoms. The zero-order valence-corrected chi connectivity index (χ0v) is 22.7. The topological polar surface area (TPSA) is 68.3 Å². The maximum atomic E-state index is 13.7. The molecule has 0 aliphatic heterocycles. The number of carbonyl (C=O) groups excluding carboxylic acids is 2. The van der Waals surface area contributed by atoms with Gasteiger partial charge in [-0.25, -0.2) is 9.78 Å². The standard InChI is InChI=1S/C30H23BrN2O3S/c1-3-36-30(35)27-24(19-12-14-21(31)15-13-19)17-37-29(27)33-28(34)23-16-26(20-10-8-18(2)9-11-20)32-25-7-5-4-6-22(23)25/h4-17H,3H2,1-2H3,(H,33,34). The average Bonchev–Trinajstić information content (AvgIpc) is 3.32. The van der Waals surface area contributed by atoms with Crippen LogP contribution in [0, 0.1) is 6.92 Å². The van der Waals surface area contributed by atoms with Crippen molar-refractivity contribution in [2.75, 3.05) is 11.9 Å². The minimum atomic E-state index is -0.475. The van der Waals surface area contributed by atoms with E-state index in [1.807, 2.05) is 85.1 Å². The van der Waals surface area contributed by atoms with Gasteiger partial charge in [0.1, 0.15) is 10.6 Å². The van der Waals surface area contributed by atoms with Crippen molar-refractivity contribution < 1.29 is 14.3 Å². The lowest BCUT2D eigenvalue weighted by molar-refractivity contribution is 0.0529. The molecule has 5 rings (SSSR count). The Morgan fingerprint density at radius 2 is 1.68 bits per heavy atom. The summed E-state index contributed by atoms with van der Waals surface area (Å²) in [4.78, 5) is 31.5. The number of carbonyl (C=O) groups is 2. The van der Waals surface area contributed by atoms with Crippen LogP contribution in [-0.2, 0) is 4.74 Å². The Kier molecular flexibility index (Phi) is 7.17. The van der Waals surface area contributed by atoms with E-state index in [0.717, 1.165) is 32.1 Å². The van der Waals surface area contributed by atoms with Gasteiger partial charge in [0.05, 0.1) is 23.4 Å². The Labute approximate surface area is 227 Å². The number of halogens is 1. The molecule has 3 aromatic carbocycles. The Morgan fingerprint density at radius 1 is 0.973 bits per heavy atom. The predicted molar refractivity (Wildman–Crippen MR) is 153 cm³/mol. The van der Waals surface area contributed by atoms with Crippen LogP contribution in [0.1, 0.15) is 33.2 Å².